The summed E-state index contributed by atoms with van der Waals surface area (Å²) >= 11 is 0. The average Bonchev–Trinajstić information content (AvgIpc) is 2.45. The van der Waals surface area contributed by atoms with Gasteiger partial charge in [0.2, 0.25) is 0 Å². The van der Waals surface area contributed by atoms with Gasteiger partial charge >= 0.3 is 6.03 Å². The zero-order valence-electron chi connectivity index (χ0n) is 13.5. The fourth-order valence-electron chi connectivity index (χ4n) is 2.73. The van der Waals surface area contributed by atoms with Gasteiger partial charge in [-0.1, -0.05) is 27.7 Å². The largest absolute Gasteiger partial charge is 0.378 e. The van der Waals surface area contributed by atoms with Crippen molar-refractivity contribution >= 4 is 6.03 Å². The number of nitrogens with one attached hydrogen (secondary N) is 1. The van der Waals surface area contributed by atoms with E-state index in [-0.39, 0.29) is 6.03 Å². The maximum Gasteiger partial charge on any atom is 0.317 e. The van der Waals surface area contributed by atoms with Crippen LogP contribution in [0.3, 0.4) is 0 Å². The molecule has 0 aromatic heterocycles. The van der Waals surface area contributed by atoms with Crippen molar-refractivity contribution in [2.24, 2.45) is 5.92 Å². The van der Waals surface area contributed by atoms with E-state index in [2.05, 4.69) is 37.9 Å². The Kier molecular flexibility index (Phi) is 7.92. The summed E-state index contributed by atoms with van der Waals surface area (Å²) < 4.78 is 5.27. The Morgan fingerprint density at radius 3 is 2.35 bits per heavy atom. The topological polar surface area (TPSA) is 44.8 Å². The quantitative estimate of drug-likeness (QED) is 0.775. The molecule has 0 bridgehead atoms. The first kappa shape index (κ1) is 17.2. The van der Waals surface area contributed by atoms with E-state index in [1.54, 1.807) is 0 Å². The Hall–Kier alpha value is -0.810. The van der Waals surface area contributed by atoms with Crippen molar-refractivity contribution in [2.75, 3.05) is 45.9 Å². The van der Waals surface area contributed by atoms with E-state index in [4.69, 9.17) is 4.74 Å². The first-order valence-electron chi connectivity index (χ1n) is 7.93. The molecule has 1 N–H and O–H groups in total. The van der Waals surface area contributed by atoms with Crippen molar-refractivity contribution in [2.45, 2.75) is 40.2 Å². The molecule has 118 valence electrons. The molecular weight excluding hydrogens is 254 g/mol. The van der Waals surface area contributed by atoms with Crippen LogP contribution in [0, 0.1) is 5.92 Å². The number of ether oxygens (including phenoxy) is 1. The second-order valence-electron chi connectivity index (χ2n) is 5.79. The van der Waals surface area contributed by atoms with Gasteiger partial charge in [0.15, 0.2) is 0 Å². The number of nitrogens with zero attached hydrogens (tertiary/aromatic N) is 2. The molecule has 1 aliphatic heterocycles. The molecule has 2 amide bonds. The van der Waals surface area contributed by atoms with E-state index in [0.717, 1.165) is 26.1 Å². The summed E-state index contributed by atoms with van der Waals surface area (Å²) in [6.07, 6.45) is 1.12. The fraction of sp³-hybridized carbons (Fsp3) is 0.933. The number of carbonyl (C=O) groups excluding carboxylic acids is 1. The lowest BCUT2D eigenvalue weighted by Gasteiger charge is -2.33. The van der Waals surface area contributed by atoms with E-state index >= 15 is 0 Å². The van der Waals surface area contributed by atoms with Gasteiger partial charge in [-0.15, -0.1) is 0 Å². The van der Waals surface area contributed by atoms with Crippen LogP contribution in [0.4, 0.5) is 4.79 Å². The molecule has 1 saturated heterocycles. The molecule has 1 heterocycles. The van der Waals surface area contributed by atoms with Crippen molar-refractivity contribution in [1.29, 1.82) is 0 Å². The highest BCUT2D eigenvalue weighted by molar-refractivity contribution is 5.74. The van der Waals surface area contributed by atoms with Crippen molar-refractivity contribution in [3.05, 3.63) is 0 Å². The minimum absolute atomic E-state index is 0.0502. The molecule has 5 heteroatoms. The first-order chi connectivity index (χ1) is 9.58. The number of amides is 2. The normalized spacial score (nSPS) is 17.6. The van der Waals surface area contributed by atoms with Crippen molar-refractivity contribution in [3.63, 3.8) is 0 Å². The van der Waals surface area contributed by atoms with Crippen LogP contribution in [0.2, 0.25) is 0 Å². The third-order valence-electron chi connectivity index (χ3n) is 3.86. The number of likely N-dealkylation sites (N-methyl/N-ethyl adjacent to an activating group) is 1. The molecule has 0 aromatic carbocycles. The predicted molar refractivity (Wildman–Crippen MR) is 82.0 cm³/mol. The van der Waals surface area contributed by atoms with E-state index in [9.17, 15) is 4.79 Å². The standard InChI is InChI=1S/C15H31N3O2/c1-5-17(6-2)14(11-13(3)4)12-16-15(19)18-7-9-20-10-8-18/h13-14H,5-12H2,1-4H3,(H,16,19)/t14-/m0/s1. The summed E-state index contributed by atoms with van der Waals surface area (Å²) in [5.74, 6) is 0.640. The number of morpholine rings is 1. The van der Waals surface area contributed by atoms with Crippen LogP contribution >= 0.6 is 0 Å². The Morgan fingerprint density at radius 1 is 1.25 bits per heavy atom. The molecular formula is C15H31N3O2. The van der Waals surface area contributed by atoms with Gasteiger partial charge in [-0.2, -0.15) is 0 Å². The van der Waals surface area contributed by atoms with Gasteiger partial charge in [0, 0.05) is 25.7 Å². The average molecular weight is 285 g/mol. The highest BCUT2D eigenvalue weighted by Gasteiger charge is 2.21. The molecule has 20 heavy (non-hydrogen) atoms. The lowest BCUT2D eigenvalue weighted by molar-refractivity contribution is 0.0525. The Morgan fingerprint density at radius 2 is 1.85 bits per heavy atom. The lowest BCUT2D eigenvalue weighted by Crippen LogP contribution is -2.50. The minimum atomic E-state index is 0.0502. The monoisotopic (exact) mass is 285 g/mol. The second kappa shape index (κ2) is 9.19. The summed E-state index contributed by atoms with van der Waals surface area (Å²) in [6, 6.07) is 0.476. The summed E-state index contributed by atoms with van der Waals surface area (Å²) in [5.41, 5.74) is 0. The number of hydrogen-bond donors (Lipinski definition) is 1. The van der Waals surface area contributed by atoms with Crippen molar-refractivity contribution in [1.82, 2.24) is 15.1 Å². The van der Waals surface area contributed by atoms with E-state index < -0.39 is 0 Å². The van der Waals surface area contributed by atoms with Gasteiger partial charge in [-0.05, 0) is 25.4 Å². The number of carbonyl (C=O) groups is 1. The number of rotatable bonds is 7. The number of urea groups is 1. The van der Waals surface area contributed by atoms with Gasteiger partial charge in [0.05, 0.1) is 13.2 Å². The number of hydrogen-bond acceptors (Lipinski definition) is 3. The third-order valence-corrected chi connectivity index (χ3v) is 3.86. The molecule has 0 radical (unpaired) electrons. The maximum atomic E-state index is 12.1. The van der Waals surface area contributed by atoms with Crippen LogP contribution in [0.25, 0.3) is 0 Å². The SMILES string of the molecule is CCN(CC)[C@H](CNC(=O)N1CCOCC1)CC(C)C. The second-order valence-corrected chi connectivity index (χ2v) is 5.79. The molecule has 0 saturated carbocycles. The zero-order chi connectivity index (χ0) is 15.0. The van der Waals surface area contributed by atoms with Gasteiger partial charge in [-0.25, -0.2) is 4.79 Å². The van der Waals surface area contributed by atoms with Crippen LogP contribution in [-0.2, 0) is 4.74 Å². The first-order valence-corrected chi connectivity index (χ1v) is 7.93. The van der Waals surface area contributed by atoms with Gasteiger partial charge in [0.1, 0.15) is 0 Å². The van der Waals surface area contributed by atoms with Crippen LogP contribution in [0.5, 0.6) is 0 Å². The van der Waals surface area contributed by atoms with Gasteiger partial charge in [0.25, 0.3) is 0 Å². The maximum absolute atomic E-state index is 12.1. The highest BCUT2D eigenvalue weighted by Crippen LogP contribution is 2.11. The highest BCUT2D eigenvalue weighted by atomic mass is 16.5. The van der Waals surface area contributed by atoms with E-state index in [1.165, 1.54) is 0 Å². The molecule has 0 aromatic rings. The molecule has 1 atom stereocenters. The Balaban J connectivity index is 2.45. The van der Waals surface area contributed by atoms with E-state index in [1.807, 2.05) is 4.90 Å². The lowest BCUT2D eigenvalue weighted by atomic mass is 10.0. The Labute approximate surface area is 123 Å². The van der Waals surface area contributed by atoms with Crippen LogP contribution in [0.1, 0.15) is 34.1 Å². The zero-order valence-corrected chi connectivity index (χ0v) is 13.5. The minimum Gasteiger partial charge on any atom is -0.378 e. The van der Waals surface area contributed by atoms with Crippen LogP contribution < -0.4 is 5.32 Å². The van der Waals surface area contributed by atoms with Crippen LogP contribution in [0.15, 0.2) is 0 Å². The molecule has 0 spiro atoms. The molecule has 0 unspecified atom stereocenters. The van der Waals surface area contributed by atoms with Crippen LogP contribution in [-0.4, -0.2) is 67.8 Å². The summed E-state index contributed by atoms with van der Waals surface area (Å²) in [4.78, 5) is 16.4. The molecule has 1 rings (SSSR count). The summed E-state index contributed by atoms with van der Waals surface area (Å²) in [7, 11) is 0. The summed E-state index contributed by atoms with van der Waals surface area (Å²) in [6.45, 7) is 14.3. The molecule has 1 aliphatic rings. The summed E-state index contributed by atoms with van der Waals surface area (Å²) in [5, 5.41) is 3.10. The molecule has 5 nitrogen and oxygen atoms in total. The molecule has 1 fully saturated rings. The Bertz CT molecular complexity index is 274. The van der Waals surface area contributed by atoms with Crippen molar-refractivity contribution in [3.8, 4) is 0 Å². The predicted octanol–water partition coefficient (Wildman–Crippen LogP) is 1.78. The van der Waals surface area contributed by atoms with E-state index in [0.29, 0.717) is 38.3 Å². The smallest absolute Gasteiger partial charge is 0.317 e. The fourth-order valence-corrected chi connectivity index (χ4v) is 2.73. The van der Waals surface area contributed by atoms with Crippen molar-refractivity contribution < 1.29 is 9.53 Å². The molecule has 0 aliphatic carbocycles. The third kappa shape index (κ3) is 5.67. The van der Waals surface area contributed by atoms with Gasteiger partial charge < -0.3 is 15.0 Å². The van der Waals surface area contributed by atoms with Gasteiger partial charge in [-0.3, -0.25) is 4.90 Å².